The summed E-state index contributed by atoms with van der Waals surface area (Å²) in [6.45, 7) is 0.948. The normalized spacial score (nSPS) is 11.2. The summed E-state index contributed by atoms with van der Waals surface area (Å²) >= 11 is 2.04. The number of nitrogens with zero attached hydrogens (tertiary/aromatic N) is 4. The summed E-state index contributed by atoms with van der Waals surface area (Å²) < 4.78 is 14.1. The number of amides is 1. The molecule has 0 fully saturated rings. The van der Waals surface area contributed by atoms with Crippen LogP contribution in [0.3, 0.4) is 0 Å². The molecule has 0 unspecified atom stereocenters. The number of thiophene rings is 1. The zero-order valence-corrected chi connectivity index (χ0v) is 15.6. The van der Waals surface area contributed by atoms with Crippen molar-refractivity contribution in [2.24, 2.45) is 0 Å². The molecule has 0 spiro atoms. The standard InChI is InChI=1S/C16H15FN4O3S2/c1-19(2)7-8-20(15(22)12-5-6-14(25-12)21(23)24)16-18-11-4-3-10(17)9-13(11)26-16/h3-6,9H,7-8H2,1-2H3. The molecule has 26 heavy (non-hydrogen) atoms. The number of carbonyl (C=O) groups excluding carboxylic acids is 1. The Labute approximate surface area is 156 Å². The zero-order valence-electron chi connectivity index (χ0n) is 14.0. The Hall–Kier alpha value is -2.43. The average molecular weight is 394 g/mol. The summed E-state index contributed by atoms with van der Waals surface area (Å²) in [4.78, 5) is 31.4. The Bertz CT molecular complexity index is 969. The smallest absolute Gasteiger partial charge is 0.308 e. The first-order valence-electron chi connectivity index (χ1n) is 7.62. The molecule has 0 saturated carbocycles. The van der Waals surface area contributed by atoms with E-state index in [1.54, 1.807) is 6.07 Å². The van der Waals surface area contributed by atoms with Crippen molar-refractivity contribution in [3.05, 3.63) is 51.1 Å². The first-order chi connectivity index (χ1) is 12.3. The monoisotopic (exact) mass is 394 g/mol. The molecule has 0 N–H and O–H groups in total. The number of aromatic nitrogens is 1. The third kappa shape index (κ3) is 3.87. The second kappa shape index (κ2) is 7.44. The second-order valence-corrected chi connectivity index (χ2v) is 7.83. The highest BCUT2D eigenvalue weighted by molar-refractivity contribution is 7.22. The maximum absolute atomic E-state index is 13.4. The summed E-state index contributed by atoms with van der Waals surface area (Å²) in [5, 5.41) is 11.2. The SMILES string of the molecule is CN(C)CCN(C(=O)c1ccc([N+](=O)[O-])s1)c1nc2ccc(F)cc2s1. The molecule has 2 aromatic heterocycles. The molecule has 0 aliphatic rings. The summed E-state index contributed by atoms with van der Waals surface area (Å²) in [7, 11) is 3.76. The molecule has 0 radical (unpaired) electrons. The lowest BCUT2D eigenvalue weighted by Gasteiger charge is -2.21. The number of thiazole rings is 1. The molecule has 1 amide bonds. The first-order valence-corrected chi connectivity index (χ1v) is 9.25. The minimum absolute atomic E-state index is 0.0905. The van der Waals surface area contributed by atoms with Crippen LogP contribution in [0.4, 0.5) is 14.5 Å². The largest absolute Gasteiger partial charge is 0.324 e. The Kier molecular flexibility index (Phi) is 5.25. The highest BCUT2D eigenvalue weighted by atomic mass is 32.1. The van der Waals surface area contributed by atoms with Crippen molar-refractivity contribution in [1.29, 1.82) is 0 Å². The van der Waals surface area contributed by atoms with E-state index in [0.29, 0.717) is 28.4 Å². The van der Waals surface area contributed by atoms with Crippen LogP contribution in [-0.2, 0) is 0 Å². The van der Waals surface area contributed by atoms with Crippen LogP contribution in [0.1, 0.15) is 9.67 Å². The lowest BCUT2D eigenvalue weighted by atomic mass is 10.3. The van der Waals surface area contributed by atoms with E-state index < -0.39 is 4.92 Å². The predicted octanol–water partition coefficient (Wildman–Crippen LogP) is 3.61. The van der Waals surface area contributed by atoms with Gasteiger partial charge in [0.25, 0.3) is 5.91 Å². The first kappa shape index (κ1) is 18.4. The van der Waals surface area contributed by atoms with Crippen molar-refractivity contribution in [2.45, 2.75) is 0 Å². The Balaban J connectivity index is 1.97. The number of hydrogen-bond acceptors (Lipinski definition) is 7. The van der Waals surface area contributed by atoms with Gasteiger partial charge in [-0.1, -0.05) is 22.7 Å². The van der Waals surface area contributed by atoms with Crippen LogP contribution in [0.5, 0.6) is 0 Å². The molecule has 0 saturated heterocycles. The van der Waals surface area contributed by atoms with E-state index in [-0.39, 0.29) is 21.6 Å². The van der Waals surface area contributed by atoms with Crippen molar-refractivity contribution in [1.82, 2.24) is 9.88 Å². The summed E-state index contributed by atoms with van der Waals surface area (Å²) in [5.74, 6) is -0.725. The molecule has 10 heteroatoms. The van der Waals surface area contributed by atoms with Gasteiger partial charge in [0.05, 0.1) is 20.0 Å². The molecule has 3 aromatic rings. The fraction of sp³-hybridized carbons (Fsp3) is 0.250. The van der Waals surface area contributed by atoms with Crippen LogP contribution < -0.4 is 4.90 Å². The van der Waals surface area contributed by atoms with Crippen LogP contribution in [-0.4, -0.2) is 47.9 Å². The number of hydrogen-bond donors (Lipinski definition) is 0. The van der Waals surface area contributed by atoms with Crippen LogP contribution in [0.15, 0.2) is 30.3 Å². The van der Waals surface area contributed by atoms with E-state index in [1.165, 1.54) is 40.5 Å². The Morgan fingerprint density at radius 3 is 2.65 bits per heavy atom. The quantitative estimate of drug-likeness (QED) is 0.471. The maximum atomic E-state index is 13.4. The number of anilines is 1. The van der Waals surface area contributed by atoms with Gasteiger partial charge in [-0.3, -0.25) is 19.8 Å². The predicted molar refractivity (Wildman–Crippen MR) is 101 cm³/mol. The summed E-state index contributed by atoms with van der Waals surface area (Å²) in [6.07, 6.45) is 0. The molecule has 7 nitrogen and oxygen atoms in total. The van der Waals surface area contributed by atoms with E-state index in [2.05, 4.69) is 4.98 Å². The summed E-state index contributed by atoms with van der Waals surface area (Å²) in [5.41, 5.74) is 0.603. The molecule has 1 aromatic carbocycles. The van der Waals surface area contributed by atoms with Gasteiger partial charge in [0.2, 0.25) is 0 Å². The topological polar surface area (TPSA) is 79.6 Å². The van der Waals surface area contributed by atoms with Gasteiger partial charge >= 0.3 is 5.00 Å². The van der Waals surface area contributed by atoms with Crippen LogP contribution in [0, 0.1) is 15.9 Å². The Morgan fingerprint density at radius 2 is 2.00 bits per heavy atom. The minimum Gasteiger partial charge on any atom is -0.308 e. The molecule has 136 valence electrons. The van der Waals surface area contributed by atoms with Crippen molar-refractivity contribution >= 4 is 48.9 Å². The number of benzene rings is 1. The zero-order chi connectivity index (χ0) is 18.8. The van der Waals surface area contributed by atoms with Crippen molar-refractivity contribution < 1.29 is 14.1 Å². The number of nitro groups is 1. The van der Waals surface area contributed by atoms with Gasteiger partial charge in [-0.2, -0.15) is 0 Å². The average Bonchev–Trinajstić information content (AvgIpc) is 3.20. The second-order valence-electron chi connectivity index (χ2n) is 5.76. The van der Waals surface area contributed by atoms with E-state index in [1.807, 2.05) is 19.0 Å². The molecule has 0 atom stereocenters. The number of halogens is 1. The lowest BCUT2D eigenvalue weighted by Crippen LogP contribution is -2.36. The van der Waals surface area contributed by atoms with E-state index >= 15 is 0 Å². The van der Waals surface area contributed by atoms with Gasteiger partial charge in [-0.25, -0.2) is 9.37 Å². The summed E-state index contributed by atoms with van der Waals surface area (Å²) in [6, 6.07) is 7.02. The van der Waals surface area contributed by atoms with E-state index in [4.69, 9.17) is 0 Å². The van der Waals surface area contributed by atoms with Crippen LogP contribution in [0.2, 0.25) is 0 Å². The van der Waals surface area contributed by atoms with Gasteiger partial charge in [-0.15, -0.1) is 0 Å². The van der Waals surface area contributed by atoms with Gasteiger partial charge in [0, 0.05) is 19.2 Å². The van der Waals surface area contributed by atoms with Gasteiger partial charge in [0.1, 0.15) is 5.82 Å². The van der Waals surface area contributed by atoms with Gasteiger partial charge in [-0.05, 0) is 38.4 Å². The highest BCUT2D eigenvalue weighted by Gasteiger charge is 2.24. The van der Waals surface area contributed by atoms with E-state index in [0.717, 1.165) is 11.3 Å². The Morgan fingerprint density at radius 1 is 1.23 bits per heavy atom. The fourth-order valence-corrected chi connectivity index (χ4v) is 4.04. The van der Waals surface area contributed by atoms with Crippen molar-refractivity contribution in [2.75, 3.05) is 32.1 Å². The third-order valence-electron chi connectivity index (χ3n) is 3.57. The van der Waals surface area contributed by atoms with Gasteiger partial charge in [0.15, 0.2) is 5.13 Å². The number of fused-ring (bicyclic) bond motifs is 1. The minimum atomic E-state index is -0.522. The molecular formula is C16H15FN4O3S2. The number of carbonyl (C=O) groups is 1. The lowest BCUT2D eigenvalue weighted by molar-refractivity contribution is -0.380. The molecule has 3 rings (SSSR count). The molecule has 0 bridgehead atoms. The molecule has 2 heterocycles. The maximum Gasteiger partial charge on any atom is 0.324 e. The van der Waals surface area contributed by atoms with Crippen LogP contribution >= 0.6 is 22.7 Å². The van der Waals surface area contributed by atoms with Crippen LogP contribution in [0.25, 0.3) is 10.2 Å². The van der Waals surface area contributed by atoms with E-state index in [9.17, 15) is 19.3 Å². The number of likely N-dealkylation sites (N-methyl/N-ethyl adjacent to an activating group) is 1. The fourth-order valence-electron chi connectivity index (χ4n) is 2.26. The molecule has 0 aliphatic heterocycles. The molecular weight excluding hydrogens is 379 g/mol. The third-order valence-corrected chi connectivity index (χ3v) is 5.63. The van der Waals surface area contributed by atoms with Crippen molar-refractivity contribution in [3.63, 3.8) is 0 Å². The highest BCUT2D eigenvalue weighted by Crippen LogP contribution is 2.32. The number of rotatable bonds is 6. The van der Waals surface area contributed by atoms with Gasteiger partial charge < -0.3 is 4.90 Å². The van der Waals surface area contributed by atoms with Crippen molar-refractivity contribution in [3.8, 4) is 0 Å². The molecule has 0 aliphatic carbocycles.